The van der Waals surface area contributed by atoms with Gasteiger partial charge in [0.05, 0.1) is 13.2 Å². The molecule has 0 fully saturated rings. The molecule has 0 spiro atoms. The first-order valence-electron chi connectivity index (χ1n) is 10.6. The minimum Gasteiger partial charge on any atom is -0.494 e. The van der Waals surface area contributed by atoms with Crippen LogP contribution in [0.25, 0.3) is 0 Å². The van der Waals surface area contributed by atoms with Crippen molar-refractivity contribution in [2.24, 2.45) is 12.0 Å². The minimum absolute atomic E-state index is 0.251. The van der Waals surface area contributed by atoms with Gasteiger partial charge in [0.15, 0.2) is 0 Å². The molecule has 0 bridgehead atoms. The number of nitrogens with zero attached hydrogens (tertiary/aromatic N) is 3. The number of aryl methyl sites for hydroxylation is 2. The lowest BCUT2D eigenvalue weighted by Gasteiger charge is -2.12. The zero-order valence-corrected chi connectivity index (χ0v) is 18.8. The van der Waals surface area contributed by atoms with E-state index in [1.807, 2.05) is 13.0 Å². The summed E-state index contributed by atoms with van der Waals surface area (Å²) in [6, 6.07) is 10.1. The summed E-state index contributed by atoms with van der Waals surface area (Å²) in [4.78, 5) is 27.5. The molecule has 0 saturated heterocycles. The van der Waals surface area contributed by atoms with Gasteiger partial charge in [-0.3, -0.25) is 4.79 Å². The molecular formula is C24H27FN4O4. The smallest absolute Gasteiger partial charge is 0.434 e. The Bertz CT molecular complexity index is 1230. The molecule has 0 saturated carbocycles. The number of carbonyl (C=O) groups is 2. The monoisotopic (exact) mass is 454 g/mol. The molecule has 0 radical (unpaired) electrons. The number of carbonyl (C=O) groups excluding carboxylic acids is 1. The Morgan fingerprint density at radius 3 is 2.64 bits per heavy atom. The van der Waals surface area contributed by atoms with E-state index in [1.54, 1.807) is 59.8 Å². The van der Waals surface area contributed by atoms with Gasteiger partial charge in [-0.15, -0.1) is 4.99 Å². The van der Waals surface area contributed by atoms with Crippen molar-refractivity contribution >= 4 is 12.0 Å². The highest BCUT2D eigenvalue weighted by Gasteiger charge is 2.11. The molecular weight excluding hydrogens is 427 g/mol. The minimum atomic E-state index is -1.29. The topological polar surface area (TPSA) is 97.8 Å². The molecule has 9 heteroatoms. The summed E-state index contributed by atoms with van der Waals surface area (Å²) in [5, 5.41) is 11.9. The Balaban J connectivity index is 1.77. The maximum Gasteiger partial charge on any atom is 0.434 e. The van der Waals surface area contributed by atoms with Crippen molar-refractivity contribution in [1.29, 1.82) is 0 Å². The second kappa shape index (κ2) is 10.6. The van der Waals surface area contributed by atoms with E-state index >= 15 is 0 Å². The van der Waals surface area contributed by atoms with Crippen molar-refractivity contribution < 1.29 is 23.8 Å². The van der Waals surface area contributed by atoms with Gasteiger partial charge in [-0.25, -0.2) is 9.18 Å². The first-order valence-corrected chi connectivity index (χ1v) is 10.6. The van der Waals surface area contributed by atoms with Crippen LogP contribution in [0.1, 0.15) is 34.0 Å². The molecule has 0 aliphatic carbocycles. The van der Waals surface area contributed by atoms with E-state index in [0.717, 1.165) is 11.1 Å². The first kappa shape index (κ1) is 23.8. The highest BCUT2D eigenvalue weighted by atomic mass is 19.1. The summed E-state index contributed by atoms with van der Waals surface area (Å²) in [6.07, 6.45) is 2.72. The summed E-state index contributed by atoms with van der Waals surface area (Å²) >= 11 is 0. The maximum atomic E-state index is 13.4. The summed E-state index contributed by atoms with van der Waals surface area (Å²) in [6.45, 7) is 4.70. The summed E-state index contributed by atoms with van der Waals surface area (Å²) in [7, 11) is 1.70. The van der Waals surface area contributed by atoms with Crippen LogP contribution in [0, 0.1) is 12.7 Å². The van der Waals surface area contributed by atoms with E-state index < -0.39 is 6.09 Å². The van der Waals surface area contributed by atoms with Gasteiger partial charge in [-0.05, 0) is 61.2 Å². The number of hydrogen-bond donors (Lipinski definition) is 2. The number of aromatic nitrogens is 2. The van der Waals surface area contributed by atoms with Gasteiger partial charge in [0.2, 0.25) is 5.62 Å². The molecule has 2 N–H and O–H groups in total. The number of benzene rings is 2. The Morgan fingerprint density at radius 2 is 1.94 bits per heavy atom. The van der Waals surface area contributed by atoms with E-state index in [4.69, 9.17) is 9.84 Å². The van der Waals surface area contributed by atoms with Gasteiger partial charge < -0.3 is 24.3 Å². The first-order chi connectivity index (χ1) is 15.8. The van der Waals surface area contributed by atoms with Gasteiger partial charge in [-0.1, -0.05) is 12.1 Å². The molecule has 0 atom stereocenters. The predicted molar refractivity (Wildman–Crippen MR) is 121 cm³/mol. The van der Waals surface area contributed by atoms with Gasteiger partial charge in [0, 0.05) is 31.5 Å². The number of ether oxygens (including phenoxy) is 1. The number of carboxylic acid groups (broad SMARTS) is 1. The fourth-order valence-electron chi connectivity index (χ4n) is 3.48. The van der Waals surface area contributed by atoms with Crippen LogP contribution in [-0.2, 0) is 20.0 Å². The zero-order chi connectivity index (χ0) is 24.0. The van der Waals surface area contributed by atoms with Gasteiger partial charge in [-0.2, -0.15) is 0 Å². The van der Waals surface area contributed by atoms with Crippen molar-refractivity contribution in [3.05, 3.63) is 82.5 Å². The van der Waals surface area contributed by atoms with E-state index in [2.05, 4.69) is 10.3 Å². The van der Waals surface area contributed by atoms with Crippen LogP contribution in [0.2, 0.25) is 0 Å². The highest BCUT2D eigenvalue weighted by molar-refractivity contribution is 5.94. The average molecular weight is 455 g/mol. The number of hydrogen-bond acceptors (Lipinski definition) is 3. The van der Waals surface area contributed by atoms with Crippen LogP contribution in [0.4, 0.5) is 9.18 Å². The predicted octanol–water partition coefficient (Wildman–Crippen LogP) is 3.27. The van der Waals surface area contributed by atoms with Crippen LogP contribution in [0.15, 0.2) is 53.8 Å². The Labute approximate surface area is 191 Å². The van der Waals surface area contributed by atoms with Crippen LogP contribution >= 0.6 is 0 Å². The molecule has 0 aliphatic rings. The standard InChI is InChI=1S/C24H27FN4O4/c1-4-33-20-13-18(15-29-10-9-28(3)23(29)27-24(31)32)12-19(14-20)22(30)26-8-7-17-5-6-21(25)16(2)11-17/h5-6,9-14H,4,7-8,15H2,1-3H3,(H,26,30)(H,31,32). The third-order valence-electron chi connectivity index (χ3n) is 5.05. The van der Waals surface area contributed by atoms with Crippen molar-refractivity contribution in [1.82, 2.24) is 14.5 Å². The molecule has 8 nitrogen and oxygen atoms in total. The highest BCUT2D eigenvalue weighted by Crippen LogP contribution is 2.19. The fourth-order valence-corrected chi connectivity index (χ4v) is 3.48. The molecule has 0 unspecified atom stereocenters. The Morgan fingerprint density at radius 1 is 1.15 bits per heavy atom. The summed E-state index contributed by atoms with van der Waals surface area (Å²) in [5.74, 6) is 0.0337. The van der Waals surface area contributed by atoms with Crippen LogP contribution in [0.3, 0.4) is 0 Å². The Kier molecular flexibility index (Phi) is 7.66. The molecule has 3 rings (SSSR count). The number of amides is 2. The van der Waals surface area contributed by atoms with E-state index in [-0.39, 0.29) is 17.3 Å². The van der Waals surface area contributed by atoms with Crippen LogP contribution in [-0.4, -0.2) is 39.4 Å². The van der Waals surface area contributed by atoms with Gasteiger partial charge in [0.25, 0.3) is 5.91 Å². The third-order valence-corrected chi connectivity index (χ3v) is 5.05. The summed E-state index contributed by atoms with van der Waals surface area (Å²) in [5.41, 5.74) is 2.97. The number of nitrogens with one attached hydrogen (secondary N) is 1. The van der Waals surface area contributed by atoms with E-state index in [9.17, 15) is 14.0 Å². The lowest BCUT2D eigenvalue weighted by atomic mass is 10.1. The molecule has 2 aromatic carbocycles. The molecule has 0 aliphatic heterocycles. The second-order valence-corrected chi connectivity index (χ2v) is 7.62. The molecule has 1 heterocycles. The molecule has 2 amide bonds. The average Bonchev–Trinajstić information content (AvgIpc) is 3.09. The van der Waals surface area contributed by atoms with Crippen LogP contribution < -0.4 is 15.7 Å². The molecule has 174 valence electrons. The maximum absolute atomic E-state index is 13.4. The lowest BCUT2D eigenvalue weighted by molar-refractivity contribution is 0.0953. The van der Waals surface area contributed by atoms with E-state index in [0.29, 0.717) is 43.0 Å². The quantitative estimate of drug-likeness (QED) is 0.546. The van der Waals surface area contributed by atoms with Crippen LogP contribution in [0.5, 0.6) is 5.75 Å². The summed E-state index contributed by atoms with van der Waals surface area (Å²) < 4.78 is 22.3. The SMILES string of the molecule is CCOc1cc(Cn2ccn(C)c2=NC(=O)O)cc(C(=O)NCCc2ccc(F)c(C)c2)c1. The Hall–Kier alpha value is -3.88. The fraction of sp³-hybridized carbons (Fsp3) is 0.292. The van der Waals surface area contributed by atoms with E-state index in [1.165, 1.54) is 6.07 Å². The number of imidazole rings is 1. The molecule has 3 aromatic rings. The number of rotatable bonds is 8. The largest absolute Gasteiger partial charge is 0.494 e. The molecule has 1 aromatic heterocycles. The third kappa shape index (κ3) is 6.31. The van der Waals surface area contributed by atoms with Gasteiger partial charge in [0.1, 0.15) is 11.6 Å². The van der Waals surface area contributed by atoms with Gasteiger partial charge >= 0.3 is 6.09 Å². The normalized spacial score (nSPS) is 11.5. The van der Waals surface area contributed by atoms with Crippen molar-refractivity contribution in [2.75, 3.05) is 13.2 Å². The second-order valence-electron chi connectivity index (χ2n) is 7.62. The van der Waals surface area contributed by atoms with Crippen molar-refractivity contribution in [3.63, 3.8) is 0 Å². The number of halogens is 1. The lowest BCUT2D eigenvalue weighted by Crippen LogP contribution is -2.27. The zero-order valence-electron chi connectivity index (χ0n) is 18.8. The molecule has 33 heavy (non-hydrogen) atoms. The van der Waals surface area contributed by atoms with Crippen molar-refractivity contribution in [2.45, 2.75) is 26.8 Å². The van der Waals surface area contributed by atoms with Crippen molar-refractivity contribution in [3.8, 4) is 5.75 Å².